The van der Waals surface area contributed by atoms with Gasteiger partial charge in [0.05, 0.1) is 15.7 Å². The molecule has 4 aromatic rings. The highest BCUT2D eigenvalue weighted by molar-refractivity contribution is 7.80. The Morgan fingerprint density at radius 2 is 1.89 bits per heavy atom. The van der Waals surface area contributed by atoms with Crippen LogP contribution in [0.4, 0.5) is 5.69 Å². The van der Waals surface area contributed by atoms with Gasteiger partial charge in [0.15, 0.2) is 5.11 Å². The van der Waals surface area contributed by atoms with Gasteiger partial charge in [-0.3, -0.25) is 15.2 Å². The van der Waals surface area contributed by atoms with E-state index in [9.17, 15) is 4.79 Å². The summed E-state index contributed by atoms with van der Waals surface area (Å²) in [6, 6.07) is 16.7. The summed E-state index contributed by atoms with van der Waals surface area (Å²) in [6.45, 7) is 4.00. The van der Waals surface area contributed by atoms with E-state index in [1.807, 2.05) is 44.2 Å². The van der Waals surface area contributed by atoms with Gasteiger partial charge in [0.1, 0.15) is 11.5 Å². The molecule has 0 unspecified atom stereocenters. The first-order chi connectivity index (χ1) is 16.8. The lowest BCUT2D eigenvalue weighted by molar-refractivity contribution is -0.115. The monoisotopic (exact) mass is 524 g/mol. The lowest BCUT2D eigenvalue weighted by Gasteiger charge is -2.09. The normalized spacial score (nSPS) is 11.1. The van der Waals surface area contributed by atoms with Gasteiger partial charge < -0.3 is 9.73 Å². The van der Waals surface area contributed by atoms with E-state index in [0.29, 0.717) is 27.1 Å². The Balaban J connectivity index is 1.31. The van der Waals surface area contributed by atoms with Crippen molar-refractivity contribution in [2.24, 2.45) is 0 Å². The number of benzene rings is 2. The van der Waals surface area contributed by atoms with E-state index >= 15 is 0 Å². The third-order valence-corrected chi connectivity index (χ3v) is 6.38. The van der Waals surface area contributed by atoms with Crippen molar-refractivity contribution in [3.8, 4) is 11.3 Å². The van der Waals surface area contributed by atoms with Crippen LogP contribution in [0.5, 0.6) is 0 Å². The molecule has 0 bridgehead atoms. The van der Waals surface area contributed by atoms with Gasteiger partial charge in [-0.25, -0.2) is 0 Å². The van der Waals surface area contributed by atoms with Gasteiger partial charge in [-0.2, -0.15) is 5.10 Å². The maximum atomic E-state index is 12.3. The molecule has 35 heavy (non-hydrogen) atoms. The van der Waals surface area contributed by atoms with E-state index < -0.39 is 0 Å². The molecule has 6 nitrogen and oxygen atoms in total. The fraction of sp³-hybridized carbons (Fsp3) is 0.115. The smallest absolute Gasteiger partial charge is 0.250 e. The van der Waals surface area contributed by atoms with Crippen LogP contribution in [0.2, 0.25) is 10.0 Å². The number of rotatable bonds is 6. The molecule has 0 radical (unpaired) electrons. The molecule has 0 aliphatic carbocycles. The van der Waals surface area contributed by atoms with Crippen LogP contribution in [0.1, 0.15) is 28.3 Å². The molecule has 4 rings (SSSR count). The highest BCUT2D eigenvalue weighted by Crippen LogP contribution is 2.34. The standard InChI is InChI=1S/C26H22Cl2N4O2S/c1-15-21(16(2)32-31-15)14-17-6-8-18(9-7-17)29-26(35)30-24(33)13-11-19-10-12-23(34-19)20-4-3-5-22(27)25(20)28/h3-13H,14H2,1-2H3,(H,31,32)(H2,29,30,33,35)/b13-11+. The van der Waals surface area contributed by atoms with Crippen LogP contribution in [0.15, 0.2) is 65.1 Å². The van der Waals surface area contributed by atoms with E-state index in [4.69, 9.17) is 39.8 Å². The molecule has 2 aromatic heterocycles. The summed E-state index contributed by atoms with van der Waals surface area (Å²) < 4.78 is 5.76. The first-order valence-electron chi connectivity index (χ1n) is 10.7. The second-order valence-corrected chi connectivity index (χ2v) is 9.06. The topological polar surface area (TPSA) is 83.0 Å². The first kappa shape index (κ1) is 24.7. The molecule has 2 heterocycles. The van der Waals surface area contributed by atoms with Crippen LogP contribution in [-0.2, 0) is 11.2 Å². The van der Waals surface area contributed by atoms with Gasteiger partial charge in [-0.1, -0.05) is 41.4 Å². The first-order valence-corrected chi connectivity index (χ1v) is 11.9. The molecule has 2 aromatic carbocycles. The Labute approximate surface area is 218 Å². The zero-order chi connectivity index (χ0) is 24.9. The number of furan rings is 1. The van der Waals surface area contributed by atoms with Crippen LogP contribution < -0.4 is 10.6 Å². The minimum absolute atomic E-state index is 0.194. The number of aromatic nitrogens is 2. The minimum Gasteiger partial charge on any atom is -0.457 e. The molecule has 0 fully saturated rings. The minimum atomic E-state index is -0.385. The van der Waals surface area contributed by atoms with E-state index in [0.717, 1.165) is 29.1 Å². The Morgan fingerprint density at radius 1 is 1.11 bits per heavy atom. The quantitative estimate of drug-likeness (QED) is 0.193. The Morgan fingerprint density at radius 3 is 2.60 bits per heavy atom. The number of nitrogens with zero attached hydrogens (tertiary/aromatic N) is 1. The van der Waals surface area contributed by atoms with Crippen LogP contribution in [-0.4, -0.2) is 21.2 Å². The molecular weight excluding hydrogens is 503 g/mol. The number of thiocarbonyl (C=S) groups is 1. The lowest BCUT2D eigenvalue weighted by Crippen LogP contribution is -2.32. The second-order valence-electron chi connectivity index (χ2n) is 7.87. The van der Waals surface area contributed by atoms with Crippen molar-refractivity contribution < 1.29 is 9.21 Å². The number of H-pyrrole nitrogens is 1. The summed E-state index contributed by atoms with van der Waals surface area (Å²) in [4.78, 5) is 12.3. The molecule has 9 heteroatoms. The third-order valence-electron chi connectivity index (χ3n) is 5.35. The fourth-order valence-corrected chi connectivity index (χ4v) is 4.11. The zero-order valence-corrected chi connectivity index (χ0v) is 21.3. The maximum absolute atomic E-state index is 12.3. The lowest BCUT2D eigenvalue weighted by atomic mass is 10.0. The molecule has 0 aliphatic heterocycles. The van der Waals surface area contributed by atoms with Gasteiger partial charge in [-0.15, -0.1) is 0 Å². The molecule has 1 amide bonds. The number of carbonyl (C=O) groups is 1. The van der Waals surface area contributed by atoms with Gasteiger partial charge >= 0.3 is 0 Å². The number of hydrogen-bond acceptors (Lipinski definition) is 4. The molecule has 0 atom stereocenters. The van der Waals surface area contributed by atoms with E-state index in [1.54, 1.807) is 30.3 Å². The number of aromatic amines is 1. The van der Waals surface area contributed by atoms with E-state index in [2.05, 4.69) is 20.8 Å². The Bertz CT molecular complexity index is 1390. The molecule has 3 N–H and O–H groups in total. The SMILES string of the molecule is Cc1n[nH]c(C)c1Cc1ccc(NC(=S)NC(=O)/C=C/c2ccc(-c3cccc(Cl)c3Cl)o2)cc1. The molecule has 0 aliphatic rings. The highest BCUT2D eigenvalue weighted by atomic mass is 35.5. The number of hydrogen-bond donors (Lipinski definition) is 3. The van der Waals surface area contributed by atoms with Gasteiger partial charge in [-0.05, 0) is 74.1 Å². The molecule has 0 spiro atoms. The fourth-order valence-electron chi connectivity index (χ4n) is 3.50. The summed E-state index contributed by atoms with van der Waals surface area (Å²) in [5, 5.41) is 13.9. The van der Waals surface area contributed by atoms with Crippen LogP contribution in [0.3, 0.4) is 0 Å². The maximum Gasteiger partial charge on any atom is 0.250 e. The van der Waals surface area contributed by atoms with Crippen molar-refractivity contribution in [2.45, 2.75) is 20.3 Å². The average molecular weight is 525 g/mol. The van der Waals surface area contributed by atoms with E-state index in [-0.39, 0.29) is 11.0 Å². The van der Waals surface area contributed by atoms with Crippen molar-refractivity contribution in [1.82, 2.24) is 15.5 Å². The van der Waals surface area contributed by atoms with Crippen LogP contribution in [0.25, 0.3) is 17.4 Å². The Kier molecular flexibility index (Phi) is 7.70. The van der Waals surface area contributed by atoms with Crippen molar-refractivity contribution in [3.05, 3.63) is 99.0 Å². The van der Waals surface area contributed by atoms with Crippen molar-refractivity contribution in [2.75, 3.05) is 5.32 Å². The summed E-state index contributed by atoms with van der Waals surface area (Å²) in [5.41, 5.74) is 5.87. The molecule has 178 valence electrons. The summed E-state index contributed by atoms with van der Waals surface area (Å²) in [6.07, 6.45) is 3.68. The Hall–Kier alpha value is -3.39. The number of amides is 1. The van der Waals surface area contributed by atoms with Gasteiger partial charge in [0.2, 0.25) is 5.91 Å². The number of nitrogens with one attached hydrogen (secondary N) is 3. The van der Waals surface area contributed by atoms with Crippen molar-refractivity contribution in [1.29, 1.82) is 0 Å². The largest absolute Gasteiger partial charge is 0.457 e. The van der Waals surface area contributed by atoms with Crippen molar-refractivity contribution in [3.63, 3.8) is 0 Å². The second kappa shape index (κ2) is 10.9. The van der Waals surface area contributed by atoms with E-state index in [1.165, 1.54) is 11.6 Å². The predicted octanol–water partition coefficient (Wildman–Crippen LogP) is 6.71. The number of halogens is 2. The number of aryl methyl sites for hydroxylation is 2. The number of anilines is 1. The molecular formula is C26H22Cl2N4O2S. The third kappa shape index (κ3) is 6.19. The van der Waals surface area contributed by atoms with Crippen molar-refractivity contribution >= 4 is 58.2 Å². The summed E-state index contributed by atoms with van der Waals surface area (Å²) in [5.74, 6) is 0.656. The molecule has 0 saturated carbocycles. The van der Waals surface area contributed by atoms with Crippen LogP contribution >= 0.6 is 35.4 Å². The average Bonchev–Trinajstić information content (AvgIpc) is 3.43. The number of carbonyl (C=O) groups excluding carboxylic acids is 1. The van der Waals surface area contributed by atoms with Crippen LogP contribution in [0, 0.1) is 13.8 Å². The predicted molar refractivity (Wildman–Crippen MR) is 145 cm³/mol. The zero-order valence-electron chi connectivity index (χ0n) is 19.0. The summed E-state index contributed by atoms with van der Waals surface area (Å²) in [7, 11) is 0. The highest BCUT2D eigenvalue weighted by Gasteiger charge is 2.11. The summed E-state index contributed by atoms with van der Waals surface area (Å²) >= 11 is 17.6. The van der Waals surface area contributed by atoms with Gasteiger partial charge in [0, 0.05) is 35.0 Å². The van der Waals surface area contributed by atoms with Gasteiger partial charge in [0.25, 0.3) is 0 Å². The molecule has 0 saturated heterocycles.